The Labute approximate surface area is 81.5 Å². The van der Waals surface area contributed by atoms with Crippen LogP contribution in [0.2, 0.25) is 0 Å². The van der Waals surface area contributed by atoms with Crippen LogP contribution in [-0.2, 0) is 0 Å². The van der Waals surface area contributed by atoms with E-state index < -0.39 is 11.6 Å². The van der Waals surface area contributed by atoms with Crippen LogP contribution in [0.5, 0.6) is 5.75 Å². The van der Waals surface area contributed by atoms with Gasteiger partial charge in [0.1, 0.15) is 0 Å². The minimum Gasteiger partial charge on any atom is -0.504 e. The maximum absolute atomic E-state index is 13.1. The molecule has 0 aliphatic carbocycles. The lowest BCUT2D eigenvalue weighted by Gasteiger charge is -2.08. The van der Waals surface area contributed by atoms with E-state index in [1.807, 2.05) is 13.8 Å². The Balaban J connectivity index is 3.28. The van der Waals surface area contributed by atoms with Crippen LogP contribution in [0.15, 0.2) is 17.3 Å². The van der Waals surface area contributed by atoms with Crippen molar-refractivity contribution >= 4 is 6.21 Å². The Kier molecular flexibility index (Phi) is 3.06. The van der Waals surface area contributed by atoms with Gasteiger partial charge in [0.2, 0.25) is 0 Å². The highest BCUT2D eigenvalue weighted by Gasteiger charge is 2.10. The Morgan fingerprint density at radius 3 is 2.57 bits per heavy atom. The molecule has 1 rings (SSSR count). The van der Waals surface area contributed by atoms with E-state index in [0.29, 0.717) is 0 Å². The first-order valence-corrected chi connectivity index (χ1v) is 4.26. The molecule has 0 spiro atoms. The summed E-state index contributed by atoms with van der Waals surface area (Å²) in [5, 5.41) is 20.3. The van der Waals surface area contributed by atoms with Crippen molar-refractivity contribution < 1.29 is 14.7 Å². The van der Waals surface area contributed by atoms with Gasteiger partial charge >= 0.3 is 0 Å². The number of phenols is 1. The quantitative estimate of drug-likeness (QED) is 0.434. The molecule has 0 aliphatic rings. The van der Waals surface area contributed by atoms with Gasteiger partial charge < -0.3 is 10.3 Å². The summed E-state index contributed by atoms with van der Waals surface area (Å²) < 4.78 is 13.1. The third kappa shape index (κ3) is 2.02. The zero-order chi connectivity index (χ0) is 10.7. The number of nitrogens with zero attached hydrogens (tertiary/aromatic N) is 1. The lowest BCUT2D eigenvalue weighted by atomic mass is 10.0. The topological polar surface area (TPSA) is 52.8 Å². The van der Waals surface area contributed by atoms with Gasteiger partial charge in [-0.3, -0.25) is 0 Å². The summed E-state index contributed by atoms with van der Waals surface area (Å²) >= 11 is 0. The second-order valence-corrected chi connectivity index (χ2v) is 3.34. The first-order valence-electron chi connectivity index (χ1n) is 4.26. The number of halogens is 1. The van der Waals surface area contributed by atoms with Crippen molar-refractivity contribution in [1.82, 2.24) is 0 Å². The molecule has 0 saturated carbocycles. The lowest BCUT2D eigenvalue weighted by molar-refractivity contribution is 0.321. The van der Waals surface area contributed by atoms with E-state index in [4.69, 9.17) is 5.21 Å². The van der Waals surface area contributed by atoms with E-state index in [2.05, 4.69) is 5.16 Å². The van der Waals surface area contributed by atoms with Gasteiger partial charge in [-0.05, 0) is 23.6 Å². The van der Waals surface area contributed by atoms with Crippen molar-refractivity contribution in [3.8, 4) is 5.75 Å². The number of phenolic OH excluding ortho intramolecular Hbond substituents is 1. The highest BCUT2D eigenvalue weighted by Crippen LogP contribution is 2.25. The SMILES string of the molecule is CC(C)c1cc(F)c(O)c(/C=N\O)c1. The summed E-state index contributed by atoms with van der Waals surface area (Å²) in [6.45, 7) is 3.82. The average Bonchev–Trinajstić information content (AvgIpc) is 2.12. The molecular weight excluding hydrogens is 185 g/mol. The van der Waals surface area contributed by atoms with E-state index >= 15 is 0 Å². The van der Waals surface area contributed by atoms with E-state index in [1.54, 1.807) is 6.07 Å². The fraction of sp³-hybridized carbons (Fsp3) is 0.300. The smallest absolute Gasteiger partial charge is 0.165 e. The minimum atomic E-state index is -0.703. The first kappa shape index (κ1) is 10.5. The van der Waals surface area contributed by atoms with Crippen molar-refractivity contribution in [3.05, 3.63) is 29.1 Å². The molecule has 0 atom stereocenters. The largest absolute Gasteiger partial charge is 0.504 e. The van der Waals surface area contributed by atoms with Gasteiger partial charge in [0, 0.05) is 5.56 Å². The van der Waals surface area contributed by atoms with Gasteiger partial charge in [-0.15, -0.1) is 0 Å². The van der Waals surface area contributed by atoms with Gasteiger partial charge in [-0.2, -0.15) is 0 Å². The van der Waals surface area contributed by atoms with E-state index in [9.17, 15) is 9.50 Å². The molecule has 0 unspecified atom stereocenters. The molecule has 1 aromatic carbocycles. The highest BCUT2D eigenvalue weighted by molar-refractivity contribution is 5.83. The van der Waals surface area contributed by atoms with Crippen molar-refractivity contribution in [2.45, 2.75) is 19.8 Å². The van der Waals surface area contributed by atoms with Gasteiger partial charge in [0.25, 0.3) is 0 Å². The zero-order valence-corrected chi connectivity index (χ0v) is 8.03. The van der Waals surface area contributed by atoms with E-state index in [-0.39, 0.29) is 11.5 Å². The molecule has 0 bridgehead atoms. The van der Waals surface area contributed by atoms with Gasteiger partial charge in [-0.25, -0.2) is 4.39 Å². The van der Waals surface area contributed by atoms with Crippen LogP contribution in [0.25, 0.3) is 0 Å². The molecule has 0 saturated heterocycles. The van der Waals surface area contributed by atoms with Crippen LogP contribution in [0.4, 0.5) is 4.39 Å². The predicted octanol–water partition coefficient (Wildman–Crippen LogP) is 2.46. The molecule has 0 aliphatic heterocycles. The Bertz CT molecular complexity index is 361. The third-order valence-corrected chi connectivity index (χ3v) is 1.98. The molecule has 0 fully saturated rings. The number of oxime groups is 1. The van der Waals surface area contributed by atoms with Crippen molar-refractivity contribution in [2.75, 3.05) is 0 Å². The molecule has 3 nitrogen and oxygen atoms in total. The summed E-state index contributed by atoms with van der Waals surface area (Å²) in [6, 6.07) is 2.86. The summed E-state index contributed by atoms with van der Waals surface area (Å²) in [6.07, 6.45) is 1.00. The van der Waals surface area contributed by atoms with Crippen LogP contribution in [0.3, 0.4) is 0 Å². The fourth-order valence-electron chi connectivity index (χ4n) is 1.14. The molecule has 4 heteroatoms. The summed E-state index contributed by atoms with van der Waals surface area (Å²) in [4.78, 5) is 0. The molecule has 2 N–H and O–H groups in total. The zero-order valence-electron chi connectivity index (χ0n) is 8.03. The van der Waals surface area contributed by atoms with Crippen molar-refractivity contribution in [2.24, 2.45) is 5.16 Å². The van der Waals surface area contributed by atoms with Crippen LogP contribution in [-0.4, -0.2) is 16.5 Å². The molecule has 0 aromatic heterocycles. The third-order valence-electron chi connectivity index (χ3n) is 1.98. The molecule has 0 heterocycles. The maximum atomic E-state index is 13.1. The van der Waals surface area contributed by atoms with Crippen LogP contribution in [0.1, 0.15) is 30.9 Å². The van der Waals surface area contributed by atoms with Crippen LogP contribution in [0, 0.1) is 5.82 Å². The van der Waals surface area contributed by atoms with Crippen LogP contribution >= 0.6 is 0 Å². The fourth-order valence-corrected chi connectivity index (χ4v) is 1.14. The van der Waals surface area contributed by atoms with Gasteiger partial charge in [-0.1, -0.05) is 19.0 Å². The molecule has 0 radical (unpaired) electrons. The summed E-state index contributed by atoms with van der Waals surface area (Å²) in [7, 11) is 0. The maximum Gasteiger partial charge on any atom is 0.165 e. The van der Waals surface area contributed by atoms with Gasteiger partial charge in [0.05, 0.1) is 6.21 Å². The number of rotatable bonds is 2. The summed E-state index contributed by atoms with van der Waals surface area (Å²) in [5.41, 5.74) is 0.923. The second kappa shape index (κ2) is 4.09. The molecule has 0 amide bonds. The minimum absolute atomic E-state index is 0.149. The standard InChI is InChI=1S/C10H12FNO2/c1-6(2)7-3-8(5-12-14)10(13)9(11)4-7/h3-6,13-14H,1-2H3/b12-5-. The lowest BCUT2D eigenvalue weighted by Crippen LogP contribution is -1.94. The van der Waals surface area contributed by atoms with E-state index in [0.717, 1.165) is 11.8 Å². The predicted molar refractivity (Wildman–Crippen MR) is 51.5 cm³/mol. The Morgan fingerprint density at radius 2 is 2.07 bits per heavy atom. The highest BCUT2D eigenvalue weighted by atomic mass is 19.1. The molecule has 1 aromatic rings. The van der Waals surface area contributed by atoms with Crippen molar-refractivity contribution in [1.29, 1.82) is 0 Å². The number of benzene rings is 1. The number of hydrogen-bond donors (Lipinski definition) is 2. The Hall–Kier alpha value is -1.58. The van der Waals surface area contributed by atoms with Crippen LogP contribution < -0.4 is 0 Å². The van der Waals surface area contributed by atoms with Gasteiger partial charge in [0.15, 0.2) is 11.6 Å². The molecule has 76 valence electrons. The monoisotopic (exact) mass is 197 g/mol. The van der Waals surface area contributed by atoms with E-state index in [1.165, 1.54) is 6.07 Å². The molecular formula is C10H12FNO2. The number of aromatic hydroxyl groups is 1. The summed E-state index contributed by atoms with van der Waals surface area (Å²) in [5.74, 6) is -1.05. The number of hydrogen-bond acceptors (Lipinski definition) is 3. The average molecular weight is 197 g/mol. The Morgan fingerprint density at radius 1 is 1.43 bits per heavy atom. The normalized spacial score (nSPS) is 11.4. The van der Waals surface area contributed by atoms with Crippen molar-refractivity contribution in [3.63, 3.8) is 0 Å². The molecule has 14 heavy (non-hydrogen) atoms. The second-order valence-electron chi connectivity index (χ2n) is 3.34. The first-order chi connectivity index (χ1) is 6.56.